The number of carboxylic acids is 3. The molecular formula is C45H69N9O10S. The number of carbonyl (C=O) groups excluding carboxylic acids is 2. The van der Waals surface area contributed by atoms with E-state index in [2.05, 4.69) is 31.9 Å². The van der Waals surface area contributed by atoms with Crippen LogP contribution in [0, 0.1) is 0 Å². The molecule has 0 bridgehead atoms. The fourth-order valence-corrected chi connectivity index (χ4v) is 8.12. The number of carbonyl (C=O) groups is 5. The Morgan fingerprint density at radius 2 is 1.22 bits per heavy atom. The molecule has 1 fully saturated rings. The second kappa shape index (κ2) is 27.9. The number of primary amides is 1. The molecule has 1 aliphatic heterocycles. The first-order valence-corrected chi connectivity index (χ1v) is 22.7. The number of thioether (sulfide) groups is 1. The molecule has 19 nitrogen and oxygen atoms in total. The number of aliphatic carboxylic acids is 3. The standard InChI is InChI=1S/C45H69N9O10S/c1-32(2)34-26-33(12-13-36(34)48-37(27-35(46)45(47)62)44-38(63-5)10-7-11-39(44)64-6)65-25-9-15-49(3)14-8-16-50(4)40(55)28-51-17-19-52(29-41(56)57)21-23-54(31-43(60)61)24-22-53(20-18-51)30-42(58)59/h7,10-13,26-27,32H,8-9,14-25,28-31,46H2,1-6H3,(H2,47,62)(H,56,57)(H,58,59)(H,60,61). The number of nitrogens with zero attached hydrogens (tertiary/aromatic N) is 7. The van der Waals surface area contributed by atoms with Crippen LogP contribution in [0.15, 0.2) is 58.1 Å². The van der Waals surface area contributed by atoms with Crippen LogP contribution in [-0.2, 0) is 24.0 Å². The topological polar surface area (TPSA) is 248 Å². The first-order valence-electron chi connectivity index (χ1n) is 21.7. The van der Waals surface area contributed by atoms with Gasteiger partial charge in [-0.05, 0) is 86.6 Å². The Hall–Kier alpha value is -5.25. The second-order valence-corrected chi connectivity index (χ2v) is 17.5. The minimum absolute atomic E-state index is 0.0853. The summed E-state index contributed by atoms with van der Waals surface area (Å²) in [5, 5.41) is 28.4. The Balaban J connectivity index is 1.57. The third-order valence-corrected chi connectivity index (χ3v) is 12.0. The van der Waals surface area contributed by atoms with Gasteiger partial charge in [-0.2, -0.15) is 0 Å². The summed E-state index contributed by atoms with van der Waals surface area (Å²) >= 11 is 1.76. The van der Waals surface area contributed by atoms with Crippen molar-refractivity contribution in [3.63, 3.8) is 0 Å². The van der Waals surface area contributed by atoms with Gasteiger partial charge in [0.15, 0.2) is 0 Å². The smallest absolute Gasteiger partial charge is 0.317 e. The molecule has 1 saturated heterocycles. The highest BCUT2D eigenvalue weighted by molar-refractivity contribution is 7.99. The Bertz CT molecular complexity index is 1910. The lowest BCUT2D eigenvalue weighted by Crippen LogP contribution is -2.50. The number of amides is 2. The number of methoxy groups -OCH3 is 2. The molecule has 0 unspecified atom stereocenters. The van der Waals surface area contributed by atoms with E-state index in [0.29, 0.717) is 87.4 Å². The highest BCUT2D eigenvalue weighted by Crippen LogP contribution is 2.35. The number of aliphatic imine (C=N–C) groups is 1. The van der Waals surface area contributed by atoms with E-state index in [1.807, 2.05) is 17.0 Å². The minimum atomic E-state index is -1.01. The molecule has 0 atom stereocenters. The van der Waals surface area contributed by atoms with Gasteiger partial charge < -0.3 is 46.1 Å². The van der Waals surface area contributed by atoms with Crippen LogP contribution in [0.1, 0.15) is 43.7 Å². The van der Waals surface area contributed by atoms with Gasteiger partial charge in [0.05, 0.1) is 63.1 Å². The molecule has 2 amide bonds. The molecule has 1 heterocycles. The quantitative estimate of drug-likeness (QED) is 0.0437. The predicted octanol–water partition coefficient (Wildman–Crippen LogP) is 2.01. The molecule has 360 valence electrons. The van der Waals surface area contributed by atoms with Crippen molar-refractivity contribution < 1.29 is 48.8 Å². The number of allylic oxidation sites excluding steroid dienone is 1. The monoisotopic (exact) mass is 927 g/mol. The van der Waals surface area contributed by atoms with Gasteiger partial charge in [-0.3, -0.25) is 43.6 Å². The number of benzene rings is 2. The number of hydrogen-bond donors (Lipinski definition) is 5. The summed E-state index contributed by atoms with van der Waals surface area (Å²) in [7, 11) is 6.92. The largest absolute Gasteiger partial charge is 0.496 e. The number of likely N-dealkylation sites (N-methyl/N-ethyl adjacent to an activating group) is 1. The Morgan fingerprint density at radius 3 is 1.66 bits per heavy atom. The molecule has 7 N–H and O–H groups in total. The zero-order chi connectivity index (χ0) is 48.1. The lowest BCUT2D eigenvalue weighted by atomic mass is 10.0. The van der Waals surface area contributed by atoms with Crippen LogP contribution in [0.3, 0.4) is 0 Å². The summed E-state index contributed by atoms with van der Waals surface area (Å²) < 4.78 is 11.2. The van der Waals surface area contributed by atoms with Crippen LogP contribution < -0.4 is 20.9 Å². The van der Waals surface area contributed by atoms with Gasteiger partial charge in [-0.25, -0.2) is 4.99 Å². The maximum absolute atomic E-state index is 13.4. The minimum Gasteiger partial charge on any atom is -0.496 e. The molecule has 65 heavy (non-hydrogen) atoms. The number of rotatable bonds is 24. The van der Waals surface area contributed by atoms with Gasteiger partial charge >= 0.3 is 17.9 Å². The average molecular weight is 928 g/mol. The van der Waals surface area contributed by atoms with E-state index in [1.165, 1.54) is 6.08 Å². The lowest BCUT2D eigenvalue weighted by molar-refractivity contribution is -0.140. The van der Waals surface area contributed by atoms with Gasteiger partial charge in [0.25, 0.3) is 5.91 Å². The number of carboxylic acid groups (broad SMARTS) is 3. The maximum Gasteiger partial charge on any atom is 0.317 e. The highest BCUT2D eigenvalue weighted by atomic mass is 32.2. The van der Waals surface area contributed by atoms with Gasteiger partial charge in [-0.15, -0.1) is 11.8 Å². The summed E-state index contributed by atoms with van der Waals surface area (Å²) in [6, 6.07) is 11.5. The van der Waals surface area contributed by atoms with Crippen molar-refractivity contribution in [2.45, 2.75) is 37.5 Å². The fraction of sp³-hybridized carbons (Fsp3) is 0.556. The summed E-state index contributed by atoms with van der Waals surface area (Å²) in [6.07, 6.45) is 3.14. The zero-order valence-corrected chi connectivity index (χ0v) is 39.6. The third kappa shape index (κ3) is 19.4. The Labute approximate surface area is 387 Å². The van der Waals surface area contributed by atoms with Crippen molar-refractivity contribution in [1.82, 2.24) is 29.4 Å². The van der Waals surface area contributed by atoms with E-state index in [1.54, 1.807) is 70.8 Å². The third-order valence-electron chi connectivity index (χ3n) is 10.9. The van der Waals surface area contributed by atoms with Crippen molar-refractivity contribution in [2.24, 2.45) is 16.5 Å². The molecule has 0 aliphatic carbocycles. The molecule has 0 saturated carbocycles. The molecule has 0 radical (unpaired) electrons. The lowest BCUT2D eigenvalue weighted by Gasteiger charge is -2.33. The van der Waals surface area contributed by atoms with E-state index >= 15 is 0 Å². The number of ether oxygens (including phenoxy) is 2. The summed E-state index contributed by atoms with van der Waals surface area (Å²) in [6.45, 7) is 8.51. The predicted molar refractivity (Wildman–Crippen MR) is 251 cm³/mol. The van der Waals surface area contributed by atoms with Crippen LogP contribution >= 0.6 is 11.8 Å². The Kier molecular flexibility index (Phi) is 23.2. The summed E-state index contributed by atoms with van der Waals surface area (Å²) in [5.41, 5.74) is 14.0. The van der Waals surface area contributed by atoms with Gasteiger partial charge in [0.1, 0.15) is 11.5 Å². The van der Waals surface area contributed by atoms with E-state index in [-0.39, 0.29) is 43.7 Å². The van der Waals surface area contributed by atoms with Gasteiger partial charge in [0.2, 0.25) is 5.91 Å². The molecule has 2 aromatic rings. The molecule has 1 aliphatic rings. The van der Waals surface area contributed by atoms with Gasteiger partial charge in [0, 0.05) is 70.8 Å². The number of nitrogens with two attached hydrogens (primary N) is 2. The normalized spacial score (nSPS) is 15.6. The maximum atomic E-state index is 13.4. The number of hydrogen-bond acceptors (Lipinski definition) is 15. The molecular weight excluding hydrogens is 859 g/mol. The SMILES string of the molecule is COc1cccc(OC)c1C(C=C(N)C(N)=O)=Nc1ccc(SCCCN(C)CCCN(C)C(=O)CN2CCN(CC(=O)O)CCN(CC(=O)O)CCN(CC(=O)O)CC2)cc1C(C)C. The zero-order valence-electron chi connectivity index (χ0n) is 38.7. The Morgan fingerprint density at radius 1 is 0.738 bits per heavy atom. The highest BCUT2D eigenvalue weighted by Gasteiger charge is 2.23. The second-order valence-electron chi connectivity index (χ2n) is 16.3. The fourth-order valence-electron chi connectivity index (χ4n) is 7.23. The summed E-state index contributed by atoms with van der Waals surface area (Å²) in [5.74, 6) is -1.87. The first-order chi connectivity index (χ1) is 30.9. The van der Waals surface area contributed by atoms with Crippen molar-refractivity contribution >= 4 is 52.9 Å². The van der Waals surface area contributed by atoms with Crippen molar-refractivity contribution in [2.75, 3.05) is 132 Å². The first kappa shape index (κ1) is 54.1. The van der Waals surface area contributed by atoms with E-state index in [4.69, 9.17) is 25.9 Å². The molecule has 3 rings (SSSR count). The van der Waals surface area contributed by atoms with Crippen molar-refractivity contribution in [3.05, 3.63) is 59.3 Å². The van der Waals surface area contributed by atoms with E-state index < -0.39 is 23.8 Å². The molecule has 0 spiro atoms. The van der Waals surface area contributed by atoms with Crippen LogP contribution in [0.4, 0.5) is 5.69 Å². The van der Waals surface area contributed by atoms with E-state index in [0.717, 1.165) is 42.1 Å². The van der Waals surface area contributed by atoms with Crippen LogP contribution in [0.25, 0.3) is 0 Å². The van der Waals surface area contributed by atoms with Crippen LogP contribution in [0.2, 0.25) is 0 Å². The molecule has 2 aromatic carbocycles. The van der Waals surface area contributed by atoms with Crippen LogP contribution in [-0.4, -0.2) is 212 Å². The van der Waals surface area contributed by atoms with Gasteiger partial charge in [-0.1, -0.05) is 19.9 Å². The van der Waals surface area contributed by atoms with Crippen molar-refractivity contribution in [1.29, 1.82) is 0 Å². The van der Waals surface area contributed by atoms with E-state index in [9.17, 15) is 39.3 Å². The van der Waals surface area contributed by atoms with Crippen LogP contribution in [0.5, 0.6) is 11.5 Å². The molecule has 20 heteroatoms. The van der Waals surface area contributed by atoms with Crippen molar-refractivity contribution in [3.8, 4) is 11.5 Å². The average Bonchev–Trinajstić information content (AvgIpc) is 3.24. The summed E-state index contributed by atoms with van der Waals surface area (Å²) in [4.78, 5) is 77.3. The molecule has 0 aromatic heterocycles.